The molecule has 3 aliphatic rings. The molecule has 1 aliphatic carbocycles. The van der Waals surface area contributed by atoms with Crippen LogP contribution in [0.1, 0.15) is 32.1 Å². The van der Waals surface area contributed by atoms with Gasteiger partial charge in [0.05, 0.1) is 0 Å². The van der Waals surface area contributed by atoms with Crippen molar-refractivity contribution in [3.8, 4) is 0 Å². The molecule has 1 aromatic heterocycles. The Kier molecular flexibility index (Phi) is 3.19. The molecule has 2 saturated heterocycles. The first kappa shape index (κ1) is 13.5. The minimum Gasteiger partial charge on any atom is -0.353 e. The van der Waals surface area contributed by atoms with Crippen LogP contribution in [0.15, 0.2) is 23.2 Å². The van der Waals surface area contributed by atoms with Gasteiger partial charge in [-0.1, -0.05) is 0 Å². The van der Waals surface area contributed by atoms with E-state index in [4.69, 9.17) is 0 Å². The molecule has 6 heteroatoms. The van der Waals surface area contributed by atoms with Crippen LogP contribution in [-0.4, -0.2) is 43.4 Å². The number of hydrogen-bond donors (Lipinski definition) is 0. The lowest BCUT2D eigenvalue weighted by atomic mass is 10.1. The Labute approximate surface area is 126 Å². The smallest absolute Gasteiger partial charge is 0.244 e. The van der Waals surface area contributed by atoms with E-state index in [0.29, 0.717) is 24.0 Å². The second-order valence-electron chi connectivity index (χ2n) is 6.45. The number of piperidine rings is 1. The normalized spacial score (nSPS) is 29.4. The molecule has 4 rings (SSSR count). The topological polar surface area (TPSA) is 53.5 Å². The third kappa shape index (κ3) is 2.25. The Morgan fingerprint density at radius 1 is 1.14 bits per heavy atom. The average Bonchev–Trinajstić information content (AvgIpc) is 3.24. The molecule has 1 aromatic rings. The largest absolute Gasteiger partial charge is 0.353 e. The van der Waals surface area contributed by atoms with Gasteiger partial charge in [0.1, 0.15) is 10.7 Å². The van der Waals surface area contributed by atoms with Crippen LogP contribution in [0.2, 0.25) is 0 Å². The molecule has 114 valence electrons. The average molecular weight is 307 g/mol. The van der Waals surface area contributed by atoms with E-state index in [0.717, 1.165) is 31.1 Å². The standard InChI is InChI=1S/C15H21N3O2S/c19-21(20,17-7-1-2-8-17)14-5-6-15(16-10-14)18-11-12-3-4-13(18)9-12/h5-6,10,12-13H,1-4,7-9,11H2. The van der Waals surface area contributed by atoms with Gasteiger partial charge in [0.2, 0.25) is 10.0 Å². The summed E-state index contributed by atoms with van der Waals surface area (Å²) in [6, 6.07) is 4.22. The van der Waals surface area contributed by atoms with Crippen molar-refractivity contribution >= 4 is 15.8 Å². The summed E-state index contributed by atoms with van der Waals surface area (Å²) in [5, 5.41) is 0. The van der Waals surface area contributed by atoms with E-state index in [1.165, 1.54) is 25.5 Å². The van der Waals surface area contributed by atoms with E-state index >= 15 is 0 Å². The third-order valence-electron chi connectivity index (χ3n) is 5.13. The lowest BCUT2D eigenvalue weighted by molar-refractivity contribution is 0.477. The van der Waals surface area contributed by atoms with Crippen molar-refractivity contribution in [1.29, 1.82) is 0 Å². The molecule has 0 radical (unpaired) electrons. The van der Waals surface area contributed by atoms with Gasteiger partial charge < -0.3 is 4.90 Å². The fourth-order valence-electron chi connectivity index (χ4n) is 3.98. The SMILES string of the molecule is O=S(=O)(c1ccc(N2CC3CCC2C3)nc1)N1CCCC1. The van der Waals surface area contributed by atoms with Gasteiger partial charge in [0.15, 0.2) is 0 Å². The fraction of sp³-hybridized carbons (Fsp3) is 0.667. The van der Waals surface area contributed by atoms with Crippen LogP contribution < -0.4 is 4.90 Å². The lowest BCUT2D eigenvalue weighted by Crippen LogP contribution is -2.32. The highest BCUT2D eigenvalue weighted by Gasteiger charge is 2.38. The van der Waals surface area contributed by atoms with Crippen LogP contribution in [0, 0.1) is 5.92 Å². The summed E-state index contributed by atoms with van der Waals surface area (Å²) in [6.07, 6.45) is 7.32. The van der Waals surface area contributed by atoms with Crippen LogP contribution in [0.25, 0.3) is 0 Å². The Balaban J connectivity index is 1.56. The first-order valence-corrected chi connectivity index (χ1v) is 9.31. The molecule has 0 amide bonds. The number of rotatable bonds is 3. The summed E-state index contributed by atoms with van der Waals surface area (Å²) < 4.78 is 26.5. The second kappa shape index (κ2) is 4.95. The monoisotopic (exact) mass is 307 g/mol. The minimum atomic E-state index is -3.34. The Hall–Kier alpha value is -1.14. The molecule has 5 nitrogen and oxygen atoms in total. The molecule has 21 heavy (non-hydrogen) atoms. The highest BCUT2D eigenvalue weighted by molar-refractivity contribution is 7.89. The van der Waals surface area contributed by atoms with Crippen molar-refractivity contribution in [2.45, 2.75) is 43.0 Å². The molecular weight excluding hydrogens is 286 g/mol. The summed E-state index contributed by atoms with van der Waals surface area (Å²) >= 11 is 0. The van der Waals surface area contributed by atoms with Gasteiger partial charge >= 0.3 is 0 Å². The van der Waals surface area contributed by atoms with Crippen molar-refractivity contribution < 1.29 is 8.42 Å². The van der Waals surface area contributed by atoms with E-state index in [1.807, 2.05) is 6.07 Å². The van der Waals surface area contributed by atoms with Crippen LogP contribution in [-0.2, 0) is 10.0 Å². The van der Waals surface area contributed by atoms with Gasteiger partial charge in [-0.05, 0) is 50.2 Å². The number of fused-ring (bicyclic) bond motifs is 2. The third-order valence-corrected chi connectivity index (χ3v) is 7.01. The van der Waals surface area contributed by atoms with Gasteiger partial charge in [0, 0.05) is 31.9 Å². The van der Waals surface area contributed by atoms with E-state index in [9.17, 15) is 8.42 Å². The van der Waals surface area contributed by atoms with E-state index in [2.05, 4.69) is 9.88 Å². The minimum absolute atomic E-state index is 0.331. The quantitative estimate of drug-likeness (QED) is 0.855. The van der Waals surface area contributed by atoms with Gasteiger partial charge in [-0.25, -0.2) is 13.4 Å². The maximum absolute atomic E-state index is 12.5. The molecule has 2 unspecified atom stereocenters. The van der Waals surface area contributed by atoms with Crippen molar-refractivity contribution in [2.75, 3.05) is 24.5 Å². The van der Waals surface area contributed by atoms with Crippen LogP contribution >= 0.6 is 0 Å². The number of aromatic nitrogens is 1. The zero-order valence-corrected chi connectivity index (χ0v) is 12.9. The number of anilines is 1. The van der Waals surface area contributed by atoms with Crippen molar-refractivity contribution in [1.82, 2.24) is 9.29 Å². The molecule has 0 spiro atoms. The van der Waals surface area contributed by atoms with Gasteiger partial charge in [0.25, 0.3) is 0 Å². The highest BCUT2D eigenvalue weighted by Crippen LogP contribution is 2.39. The van der Waals surface area contributed by atoms with Gasteiger partial charge in [-0.3, -0.25) is 0 Å². The number of sulfonamides is 1. The van der Waals surface area contributed by atoms with E-state index in [-0.39, 0.29) is 0 Å². The van der Waals surface area contributed by atoms with Crippen molar-refractivity contribution in [3.63, 3.8) is 0 Å². The highest BCUT2D eigenvalue weighted by atomic mass is 32.2. The second-order valence-corrected chi connectivity index (χ2v) is 8.39. The molecular formula is C15H21N3O2S. The fourth-order valence-corrected chi connectivity index (χ4v) is 5.44. The zero-order valence-electron chi connectivity index (χ0n) is 12.1. The Bertz CT molecular complexity index is 623. The zero-order chi connectivity index (χ0) is 14.4. The summed E-state index contributed by atoms with van der Waals surface area (Å²) in [5.74, 6) is 1.74. The van der Waals surface area contributed by atoms with Gasteiger partial charge in [-0.15, -0.1) is 0 Å². The molecule has 0 N–H and O–H groups in total. The summed E-state index contributed by atoms with van der Waals surface area (Å²) in [5.41, 5.74) is 0. The molecule has 2 bridgehead atoms. The summed E-state index contributed by atoms with van der Waals surface area (Å²) in [4.78, 5) is 7.12. The molecule has 2 aliphatic heterocycles. The predicted molar refractivity (Wildman–Crippen MR) is 80.7 cm³/mol. The van der Waals surface area contributed by atoms with E-state index in [1.54, 1.807) is 10.4 Å². The summed E-state index contributed by atoms with van der Waals surface area (Å²) in [6.45, 7) is 2.36. The van der Waals surface area contributed by atoms with Crippen LogP contribution in [0.3, 0.4) is 0 Å². The Morgan fingerprint density at radius 2 is 1.95 bits per heavy atom. The Morgan fingerprint density at radius 3 is 2.52 bits per heavy atom. The molecule has 3 heterocycles. The molecule has 1 saturated carbocycles. The van der Waals surface area contributed by atoms with E-state index < -0.39 is 10.0 Å². The molecule has 2 atom stereocenters. The lowest BCUT2D eigenvalue weighted by Gasteiger charge is -2.28. The number of hydrogen-bond acceptors (Lipinski definition) is 4. The van der Waals surface area contributed by atoms with Crippen LogP contribution in [0.4, 0.5) is 5.82 Å². The number of nitrogens with zero attached hydrogens (tertiary/aromatic N) is 3. The maximum Gasteiger partial charge on any atom is 0.244 e. The predicted octanol–water partition coefficient (Wildman–Crippen LogP) is 1.85. The van der Waals surface area contributed by atoms with Crippen LogP contribution in [0.5, 0.6) is 0 Å². The molecule has 3 fully saturated rings. The summed E-state index contributed by atoms with van der Waals surface area (Å²) in [7, 11) is -3.34. The maximum atomic E-state index is 12.5. The van der Waals surface area contributed by atoms with Gasteiger partial charge in [-0.2, -0.15) is 4.31 Å². The molecule has 0 aromatic carbocycles. The van der Waals surface area contributed by atoms with Crippen molar-refractivity contribution in [2.24, 2.45) is 5.92 Å². The number of pyridine rings is 1. The first-order chi connectivity index (χ1) is 10.1. The first-order valence-electron chi connectivity index (χ1n) is 7.87. The van der Waals surface area contributed by atoms with Crippen molar-refractivity contribution in [3.05, 3.63) is 18.3 Å².